The highest BCUT2D eigenvalue weighted by Crippen LogP contribution is 2.12. The highest BCUT2D eigenvalue weighted by atomic mass is 16.6. The van der Waals surface area contributed by atoms with E-state index in [-0.39, 0.29) is 13.2 Å². The Hall–Kier alpha value is -2.99. The molecule has 0 radical (unpaired) electrons. The first-order valence-electron chi connectivity index (χ1n) is 9.52. The van der Waals surface area contributed by atoms with E-state index in [9.17, 15) is 14.7 Å². The lowest BCUT2D eigenvalue weighted by Crippen LogP contribution is -2.17. The van der Waals surface area contributed by atoms with Crippen LogP contribution in [0.15, 0.2) is 60.7 Å². The van der Waals surface area contributed by atoms with Crippen LogP contribution in [0.1, 0.15) is 51.3 Å². The number of esters is 2. The normalized spacial score (nSPS) is 9.69. The molecule has 0 saturated carbocycles. The van der Waals surface area contributed by atoms with Crippen molar-refractivity contribution in [2.45, 2.75) is 46.8 Å². The lowest BCUT2D eigenvalue weighted by molar-refractivity contribution is -0.157. The second-order valence-electron chi connectivity index (χ2n) is 4.93. The lowest BCUT2D eigenvalue weighted by atomic mass is 10.1. The second-order valence-corrected chi connectivity index (χ2v) is 4.93. The van der Waals surface area contributed by atoms with E-state index >= 15 is 0 Å². The quantitative estimate of drug-likeness (QED) is 0.548. The molecule has 0 heterocycles. The fraction of sp³-hybridized carbons (Fsp3) is 0.348. The van der Waals surface area contributed by atoms with E-state index in [1.54, 1.807) is 24.3 Å². The molecule has 0 amide bonds. The summed E-state index contributed by atoms with van der Waals surface area (Å²) in [6.07, 6.45) is -1.39. The molecule has 1 unspecified atom stereocenters. The smallest absolute Gasteiger partial charge is 0.317 e. The zero-order chi connectivity index (χ0) is 22.5. The molecule has 0 aliphatic rings. The largest absolute Gasteiger partial charge is 0.462 e. The third kappa shape index (κ3) is 13.8. The Morgan fingerprint density at radius 2 is 1.28 bits per heavy atom. The first-order chi connectivity index (χ1) is 14.1. The van der Waals surface area contributed by atoms with Gasteiger partial charge in [0.1, 0.15) is 32.5 Å². The van der Waals surface area contributed by atoms with E-state index in [0.717, 1.165) is 5.56 Å². The third-order valence-electron chi connectivity index (χ3n) is 3.12. The summed E-state index contributed by atoms with van der Waals surface area (Å²) in [5.41, 5.74) is 1.49. The summed E-state index contributed by atoms with van der Waals surface area (Å²) in [5.74, 6) is -1.38. The van der Waals surface area contributed by atoms with Crippen molar-refractivity contribution in [2.75, 3.05) is 6.61 Å². The van der Waals surface area contributed by atoms with Crippen LogP contribution in [0.4, 0.5) is 0 Å². The van der Waals surface area contributed by atoms with Crippen LogP contribution < -0.4 is 0 Å². The molecule has 29 heavy (non-hydrogen) atoms. The van der Waals surface area contributed by atoms with Crippen LogP contribution in [-0.4, -0.2) is 30.4 Å². The molecule has 0 bridgehead atoms. The van der Waals surface area contributed by atoms with Crippen molar-refractivity contribution in [1.82, 2.24) is 0 Å². The van der Waals surface area contributed by atoms with Crippen LogP contribution in [0.25, 0.3) is 0 Å². The summed E-state index contributed by atoms with van der Waals surface area (Å²) in [4.78, 5) is 31.1. The molecule has 0 aliphatic carbocycles. The second kappa shape index (κ2) is 19.8. The molecule has 6 heteroatoms. The predicted octanol–water partition coefficient (Wildman–Crippen LogP) is 4.26. The van der Waals surface area contributed by atoms with Crippen molar-refractivity contribution in [1.29, 1.82) is 0 Å². The number of carbonyl (C=O) groups is 3. The summed E-state index contributed by atoms with van der Waals surface area (Å²) in [6, 6.07) is 18.0. The van der Waals surface area contributed by atoms with Gasteiger partial charge in [0.2, 0.25) is 0 Å². The Morgan fingerprint density at radius 3 is 1.79 bits per heavy atom. The fourth-order valence-electron chi connectivity index (χ4n) is 1.90. The molecular weight excluding hydrogens is 372 g/mol. The highest BCUT2D eigenvalue weighted by molar-refractivity contribution is 5.91. The Labute approximate surface area is 173 Å². The van der Waals surface area contributed by atoms with E-state index in [4.69, 9.17) is 14.3 Å². The van der Waals surface area contributed by atoms with Crippen LogP contribution >= 0.6 is 0 Å². The maximum absolute atomic E-state index is 11.6. The zero-order valence-electron chi connectivity index (χ0n) is 17.7. The Bertz CT molecular complexity index is 643. The van der Waals surface area contributed by atoms with Crippen molar-refractivity contribution >= 4 is 18.7 Å². The van der Waals surface area contributed by atoms with Gasteiger partial charge in [-0.3, -0.25) is 9.59 Å². The first kappa shape index (κ1) is 28.2. The van der Waals surface area contributed by atoms with Gasteiger partial charge in [0, 0.05) is 0 Å². The Morgan fingerprint density at radius 1 is 0.828 bits per heavy atom. The Balaban J connectivity index is 0. The molecule has 160 valence electrons. The zero-order valence-corrected chi connectivity index (χ0v) is 17.7. The minimum atomic E-state index is -0.916. The molecule has 1 atom stereocenters. The summed E-state index contributed by atoms with van der Waals surface area (Å²) >= 11 is 0. The van der Waals surface area contributed by atoms with Crippen LogP contribution in [0.3, 0.4) is 0 Å². The van der Waals surface area contributed by atoms with Gasteiger partial charge in [-0.15, -0.1) is 0 Å². The van der Waals surface area contributed by atoms with E-state index in [1.165, 1.54) is 0 Å². The van der Waals surface area contributed by atoms with Crippen LogP contribution in [-0.2, 0) is 30.5 Å². The molecule has 2 aromatic carbocycles. The maximum Gasteiger partial charge on any atom is 0.317 e. The molecule has 1 N–H and O–H groups in total. The third-order valence-corrected chi connectivity index (χ3v) is 3.12. The number of carbonyl (C=O) groups excluding carboxylic acids is 3. The van der Waals surface area contributed by atoms with Gasteiger partial charge in [0.05, 0.1) is 0 Å². The standard InChI is InChI=1S/C18H18O5.2C2H6.CH2O/c19-16(15-9-5-2-6-10-15)13-23-18(21)11-17(20)22-12-14-7-3-1-4-8-14;3*1-2/h1-10,16,19H,11-13H2;2*1-2H3;1H2. The molecule has 6 nitrogen and oxygen atoms in total. The van der Waals surface area contributed by atoms with Crippen molar-refractivity contribution < 1.29 is 29.0 Å². The predicted molar refractivity (Wildman–Crippen MR) is 113 cm³/mol. The number of hydrogen-bond acceptors (Lipinski definition) is 6. The topological polar surface area (TPSA) is 89.9 Å². The van der Waals surface area contributed by atoms with Gasteiger partial charge in [-0.2, -0.15) is 0 Å². The molecule has 0 saturated heterocycles. The van der Waals surface area contributed by atoms with Gasteiger partial charge < -0.3 is 19.4 Å². The molecule has 0 aliphatic heterocycles. The van der Waals surface area contributed by atoms with Crippen molar-refractivity contribution in [2.24, 2.45) is 0 Å². The summed E-state index contributed by atoms with van der Waals surface area (Å²) in [7, 11) is 0. The van der Waals surface area contributed by atoms with Gasteiger partial charge >= 0.3 is 11.9 Å². The van der Waals surface area contributed by atoms with Gasteiger partial charge in [0.25, 0.3) is 0 Å². The number of ether oxygens (including phenoxy) is 2. The monoisotopic (exact) mass is 404 g/mol. The summed E-state index contributed by atoms with van der Waals surface area (Å²) in [5, 5.41) is 9.86. The minimum Gasteiger partial charge on any atom is -0.462 e. The number of aliphatic hydroxyl groups is 1. The van der Waals surface area contributed by atoms with Gasteiger partial charge in [0.15, 0.2) is 0 Å². The molecule has 0 fully saturated rings. The molecule has 0 spiro atoms. The average Bonchev–Trinajstić information content (AvgIpc) is 2.81. The van der Waals surface area contributed by atoms with E-state index in [0.29, 0.717) is 5.56 Å². The summed E-state index contributed by atoms with van der Waals surface area (Å²) < 4.78 is 9.88. The van der Waals surface area contributed by atoms with Crippen LogP contribution in [0.5, 0.6) is 0 Å². The number of aliphatic hydroxyl groups excluding tert-OH is 1. The SMILES string of the molecule is C=O.CC.CC.O=C(CC(=O)OCC(O)c1ccccc1)OCc1ccccc1. The molecule has 2 rings (SSSR count). The van der Waals surface area contributed by atoms with Crippen molar-refractivity contribution in [3.63, 3.8) is 0 Å². The lowest BCUT2D eigenvalue weighted by Gasteiger charge is -2.11. The minimum absolute atomic E-state index is 0.111. The highest BCUT2D eigenvalue weighted by Gasteiger charge is 2.15. The number of benzene rings is 2. The molecular formula is C23H32O6. The number of hydrogen-bond donors (Lipinski definition) is 1. The maximum atomic E-state index is 11.6. The molecule has 2 aromatic rings. The van der Waals surface area contributed by atoms with Gasteiger partial charge in [-0.25, -0.2) is 0 Å². The first-order valence-corrected chi connectivity index (χ1v) is 9.52. The summed E-state index contributed by atoms with van der Waals surface area (Å²) in [6.45, 7) is 9.91. The van der Waals surface area contributed by atoms with E-state index in [1.807, 2.05) is 70.9 Å². The van der Waals surface area contributed by atoms with Gasteiger partial charge in [-0.05, 0) is 11.1 Å². The van der Waals surface area contributed by atoms with E-state index in [2.05, 4.69) is 0 Å². The van der Waals surface area contributed by atoms with Crippen LogP contribution in [0.2, 0.25) is 0 Å². The number of rotatable bonds is 7. The van der Waals surface area contributed by atoms with Crippen molar-refractivity contribution in [3.05, 3.63) is 71.8 Å². The van der Waals surface area contributed by atoms with E-state index < -0.39 is 24.5 Å². The van der Waals surface area contributed by atoms with Crippen molar-refractivity contribution in [3.8, 4) is 0 Å². The fourth-order valence-corrected chi connectivity index (χ4v) is 1.90. The van der Waals surface area contributed by atoms with Gasteiger partial charge in [-0.1, -0.05) is 88.4 Å². The van der Waals surface area contributed by atoms with Crippen LogP contribution in [0, 0.1) is 0 Å². The Kier molecular flexibility index (Phi) is 19.2. The molecule has 0 aromatic heterocycles. The average molecular weight is 405 g/mol.